The van der Waals surface area contributed by atoms with Crippen molar-refractivity contribution in [2.45, 2.75) is 0 Å². The predicted molar refractivity (Wildman–Crippen MR) is 5.75 cm³/mol. The van der Waals surface area contributed by atoms with Gasteiger partial charge in [0.15, 0.2) is 0 Å². The minimum absolute atomic E-state index is 0. The van der Waals surface area contributed by atoms with Crippen LogP contribution in [-0.4, -0.2) is 17.6 Å². The molecule has 0 saturated carbocycles. The molecule has 0 atom stereocenters. The van der Waals surface area contributed by atoms with Crippen molar-refractivity contribution in [3.8, 4) is 0 Å². The van der Waals surface area contributed by atoms with Gasteiger partial charge in [0.2, 0.25) is 0 Å². The van der Waals surface area contributed by atoms with E-state index in [9.17, 15) is 0 Å². The Bertz CT molecular complexity index is 26.5. The van der Waals surface area contributed by atoms with Crippen LogP contribution in [0.5, 0.6) is 0 Å². The molecule has 0 aliphatic rings. The molecular weight excluding hydrogens is 422 g/mol. The average molecular weight is 422 g/mol. The Morgan fingerprint density at radius 1 is 0.556 bits per heavy atom. The molecule has 0 fully saturated rings. The van der Waals surface area contributed by atoms with Crippen molar-refractivity contribution in [1.29, 1.82) is 0 Å². The van der Waals surface area contributed by atoms with Crippen molar-refractivity contribution >= 4 is 17.6 Å². The number of halogens is 2. The molecule has 0 saturated heterocycles. The minimum atomic E-state index is -4.01. The Morgan fingerprint density at radius 2 is 0.556 bits per heavy atom. The molecule has 0 unspecified atom stereocenters. The van der Waals surface area contributed by atoms with Crippen LogP contribution in [0.25, 0.3) is 0 Å². The third-order valence-electron chi connectivity index (χ3n) is 0. The number of hydrogen-bond donors (Lipinski definition) is 0. The van der Waals surface area contributed by atoms with E-state index in [4.69, 9.17) is 20.6 Å². The summed E-state index contributed by atoms with van der Waals surface area (Å²) in [6.45, 7) is 0. The molecule has 0 aromatic carbocycles. The van der Waals surface area contributed by atoms with Crippen molar-refractivity contribution in [1.82, 2.24) is 0 Å². The van der Waals surface area contributed by atoms with Crippen molar-refractivity contribution in [3.05, 3.63) is 0 Å². The second kappa shape index (κ2) is 12.4. The zero-order chi connectivity index (χ0) is 7.15. The second-order valence-electron chi connectivity index (χ2n) is 0.378. The summed E-state index contributed by atoms with van der Waals surface area (Å²) in [6.07, 6.45) is 0. The first-order chi connectivity index (χ1) is 3.46. The summed E-state index contributed by atoms with van der Waals surface area (Å²) >= 11 is -8.03. The predicted octanol–water partition coefficient (Wildman–Crippen LogP) is -13.5. The van der Waals surface area contributed by atoms with Gasteiger partial charge in [-0.05, 0) is 0 Å². The smallest absolute Gasteiger partial charge is 0.282 e. The van der Waals surface area contributed by atoms with Crippen LogP contribution < -0.4 is 62.7 Å². The van der Waals surface area contributed by atoms with Crippen LogP contribution in [-0.2, 0) is 0 Å². The molecule has 0 aromatic heterocycles. The molecule has 0 spiro atoms. The van der Waals surface area contributed by atoms with Gasteiger partial charge in [0.1, 0.15) is 0 Å². The van der Waals surface area contributed by atoms with E-state index < -0.39 is 42.1 Å². The second-order valence-corrected chi connectivity index (χ2v) is 2.54. The molecule has 0 aromatic rings. The van der Waals surface area contributed by atoms with Crippen LogP contribution in [0.15, 0.2) is 0 Å². The fourth-order valence-electron chi connectivity index (χ4n) is 0. The number of rotatable bonds is 0. The van der Waals surface area contributed by atoms with Gasteiger partial charge in [-0.2, -0.15) is 0 Å². The molecule has 0 rings (SSSR count). The largest absolute Gasteiger partial charge is 0.427 e. The fraction of sp³-hybridized carbons (Fsp3) is 0. The molecule has 0 N–H and O–H groups in total. The van der Waals surface area contributed by atoms with E-state index in [2.05, 4.69) is 0 Å². The molecule has 0 bridgehead atoms. The van der Waals surface area contributed by atoms with E-state index in [-0.39, 0.29) is 17.6 Å². The summed E-state index contributed by atoms with van der Waals surface area (Å²) in [5, 5.41) is 0. The quantitative estimate of drug-likeness (QED) is 0.281. The normalized spacial score (nSPS) is 8.00. The van der Waals surface area contributed by atoms with Crippen molar-refractivity contribution in [2.24, 2.45) is 0 Å². The van der Waals surface area contributed by atoms with E-state index in [1.807, 2.05) is 0 Å². The Morgan fingerprint density at radius 3 is 0.556 bits per heavy atom. The van der Waals surface area contributed by atoms with Gasteiger partial charge in [0.05, 0.1) is 0 Å². The van der Waals surface area contributed by atoms with E-state index in [0.717, 1.165) is 0 Å². The van der Waals surface area contributed by atoms with Crippen LogP contribution in [0, 0.1) is 0 Å². The molecule has 9 heteroatoms. The first kappa shape index (κ1) is 17.0. The van der Waals surface area contributed by atoms with E-state index in [1.54, 1.807) is 0 Å². The van der Waals surface area contributed by atoms with Crippen LogP contribution in [0.2, 0.25) is 0 Å². The van der Waals surface area contributed by atoms with Gasteiger partial charge in [-0.3, -0.25) is 0 Å². The van der Waals surface area contributed by atoms with Gasteiger partial charge in [0, 0.05) is 17.6 Å². The maximum Gasteiger partial charge on any atom is 0.282 e. The standard InChI is InChI=1S/Ge.2IO3/c;2*2-1(3)4/q;2*-1. The van der Waals surface area contributed by atoms with Crippen LogP contribution in [0.3, 0.4) is 0 Å². The summed E-state index contributed by atoms with van der Waals surface area (Å²) in [5.41, 5.74) is 0. The van der Waals surface area contributed by atoms with E-state index in [0.29, 0.717) is 0 Å². The summed E-state index contributed by atoms with van der Waals surface area (Å²) < 4.78 is 51.4. The van der Waals surface area contributed by atoms with Crippen LogP contribution in [0.4, 0.5) is 0 Å². The first-order valence-electron chi connectivity index (χ1n) is 0.926. The zero-order valence-corrected chi connectivity index (χ0v) is 10.1. The van der Waals surface area contributed by atoms with Gasteiger partial charge in [-0.1, -0.05) is 0 Å². The summed E-state index contributed by atoms with van der Waals surface area (Å²) in [5.74, 6) is 0. The zero-order valence-electron chi connectivity index (χ0n) is 3.71. The van der Waals surface area contributed by atoms with E-state index in [1.165, 1.54) is 0 Å². The van der Waals surface area contributed by atoms with Gasteiger partial charge in [0.25, 0.3) is 42.1 Å². The Balaban J connectivity index is -0.0000000720. The van der Waals surface area contributed by atoms with Gasteiger partial charge >= 0.3 is 0 Å². The molecular formula is GeI2O6-2. The summed E-state index contributed by atoms with van der Waals surface area (Å²) in [7, 11) is 0. The van der Waals surface area contributed by atoms with E-state index >= 15 is 0 Å². The molecule has 9 heavy (non-hydrogen) atoms. The molecule has 0 aliphatic heterocycles. The first-order valence-corrected chi connectivity index (χ1v) is 6.21. The number of hydrogen-bond acceptors (Lipinski definition) is 6. The molecule has 0 aliphatic carbocycles. The van der Waals surface area contributed by atoms with Gasteiger partial charge in [-0.25, -0.2) is 0 Å². The van der Waals surface area contributed by atoms with Crippen LogP contribution >= 0.6 is 0 Å². The van der Waals surface area contributed by atoms with Crippen molar-refractivity contribution in [2.75, 3.05) is 0 Å². The molecule has 56 valence electrons. The fourth-order valence-corrected chi connectivity index (χ4v) is 0. The summed E-state index contributed by atoms with van der Waals surface area (Å²) in [6, 6.07) is 0. The van der Waals surface area contributed by atoms with Gasteiger partial charge in [-0.15, -0.1) is 0 Å². The Hall–Kier alpha value is 1.76. The third-order valence-corrected chi connectivity index (χ3v) is 0. The maximum absolute atomic E-state index is 8.57. The summed E-state index contributed by atoms with van der Waals surface area (Å²) in [4.78, 5) is 0. The third kappa shape index (κ3) is 189. The topological polar surface area (TPSA) is 138 Å². The molecule has 6 nitrogen and oxygen atoms in total. The monoisotopic (exact) mass is 424 g/mol. The average Bonchev–Trinajstić information content (AvgIpc) is 1.25. The SMILES string of the molecule is [Ge].[O-][I+2]([O-])[O-].[O-][I+2]([O-])[O-]. The van der Waals surface area contributed by atoms with Crippen LogP contribution in [0.1, 0.15) is 0 Å². The Kier molecular flexibility index (Phi) is 23.5. The van der Waals surface area contributed by atoms with Crippen molar-refractivity contribution in [3.63, 3.8) is 0 Å². The minimum Gasteiger partial charge on any atom is -0.427 e. The maximum atomic E-state index is 8.57. The Labute approximate surface area is 79.6 Å². The van der Waals surface area contributed by atoms with Crippen molar-refractivity contribution < 1.29 is 62.7 Å². The molecule has 0 amide bonds. The molecule has 4 radical (unpaired) electrons. The van der Waals surface area contributed by atoms with Gasteiger partial charge < -0.3 is 20.6 Å². The molecule has 0 heterocycles.